The average molecular weight is 445 g/mol. The van der Waals surface area contributed by atoms with Crippen molar-refractivity contribution in [3.63, 3.8) is 0 Å². The van der Waals surface area contributed by atoms with Gasteiger partial charge in [0, 0.05) is 21.1 Å². The van der Waals surface area contributed by atoms with Crippen molar-refractivity contribution in [2.24, 2.45) is 0 Å². The Labute approximate surface area is 169 Å². The Kier molecular flexibility index (Phi) is 6.36. The zero-order valence-electron chi connectivity index (χ0n) is 14.6. The highest BCUT2D eigenvalue weighted by molar-refractivity contribution is 9.10. The summed E-state index contributed by atoms with van der Waals surface area (Å²) in [6.45, 7) is 2.08. The van der Waals surface area contributed by atoms with Crippen LogP contribution in [0.5, 0.6) is 0 Å². The van der Waals surface area contributed by atoms with Gasteiger partial charge in [0.2, 0.25) is 5.91 Å². The number of carbonyl (C=O) groups excluding carboxylic acids is 2. The Hall–Kier alpha value is -2.51. The molecule has 0 aliphatic rings. The summed E-state index contributed by atoms with van der Waals surface area (Å²) in [5, 5.41) is 5.57. The number of esters is 1. The molecule has 0 bridgehead atoms. The quantitative estimate of drug-likeness (QED) is 0.547. The third-order valence-corrected chi connectivity index (χ3v) is 5.08. The van der Waals surface area contributed by atoms with Gasteiger partial charge in [0.05, 0.1) is 24.3 Å². The molecule has 7 heteroatoms. The van der Waals surface area contributed by atoms with Crippen LogP contribution in [0.4, 0.5) is 5.69 Å². The summed E-state index contributed by atoms with van der Waals surface area (Å²) in [4.78, 5) is 28.4. The van der Waals surface area contributed by atoms with Crippen molar-refractivity contribution in [1.82, 2.24) is 4.98 Å². The van der Waals surface area contributed by atoms with Gasteiger partial charge in [-0.3, -0.25) is 4.79 Å². The lowest BCUT2D eigenvalue weighted by molar-refractivity contribution is -0.115. The summed E-state index contributed by atoms with van der Waals surface area (Å²) >= 11 is 4.96. The number of halogens is 1. The molecule has 138 valence electrons. The molecular formula is C20H17BrN2O3S. The van der Waals surface area contributed by atoms with E-state index in [2.05, 4.69) is 26.2 Å². The minimum atomic E-state index is -0.377. The molecule has 5 nitrogen and oxygen atoms in total. The number of nitrogens with zero attached hydrogens (tertiary/aromatic N) is 1. The normalized spacial score (nSPS) is 10.4. The van der Waals surface area contributed by atoms with Crippen LogP contribution in [-0.2, 0) is 16.0 Å². The van der Waals surface area contributed by atoms with E-state index >= 15 is 0 Å². The minimum absolute atomic E-state index is 0.162. The molecule has 1 heterocycles. The molecule has 0 saturated heterocycles. The second-order valence-electron chi connectivity index (χ2n) is 5.68. The zero-order valence-corrected chi connectivity index (χ0v) is 17.0. The molecule has 1 amide bonds. The topological polar surface area (TPSA) is 68.3 Å². The highest BCUT2D eigenvalue weighted by Gasteiger charge is 2.11. The van der Waals surface area contributed by atoms with Crippen molar-refractivity contribution in [2.75, 3.05) is 11.9 Å². The van der Waals surface area contributed by atoms with Gasteiger partial charge in [-0.2, -0.15) is 0 Å². The first kappa shape index (κ1) is 19.3. The molecular weight excluding hydrogens is 428 g/mol. The van der Waals surface area contributed by atoms with Crippen LogP contribution in [0.25, 0.3) is 10.6 Å². The lowest BCUT2D eigenvalue weighted by atomic mass is 10.2. The van der Waals surface area contributed by atoms with Gasteiger partial charge in [-0.25, -0.2) is 9.78 Å². The van der Waals surface area contributed by atoms with Crippen LogP contribution >= 0.6 is 27.3 Å². The SMILES string of the molecule is CCOC(=O)c1ccc(NC(=O)Cc2csc(-c3cccc(Br)c3)n2)cc1. The second kappa shape index (κ2) is 8.92. The Balaban J connectivity index is 1.60. The van der Waals surface area contributed by atoms with Gasteiger partial charge in [-0.1, -0.05) is 28.1 Å². The maximum atomic E-state index is 12.3. The van der Waals surface area contributed by atoms with Crippen LogP contribution in [0, 0.1) is 0 Å². The van der Waals surface area contributed by atoms with Crippen molar-refractivity contribution in [1.29, 1.82) is 0 Å². The second-order valence-corrected chi connectivity index (χ2v) is 7.45. The van der Waals surface area contributed by atoms with Crippen molar-refractivity contribution < 1.29 is 14.3 Å². The van der Waals surface area contributed by atoms with Crippen molar-refractivity contribution >= 4 is 44.8 Å². The Morgan fingerprint density at radius 1 is 1.19 bits per heavy atom. The maximum Gasteiger partial charge on any atom is 0.338 e. The van der Waals surface area contributed by atoms with E-state index in [1.807, 2.05) is 29.6 Å². The lowest BCUT2D eigenvalue weighted by Crippen LogP contribution is -2.14. The number of aromatic nitrogens is 1. The van der Waals surface area contributed by atoms with Crippen LogP contribution < -0.4 is 5.32 Å². The summed E-state index contributed by atoms with van der Waals surface area (Å²) in [6.07, 6.45) is 0.185. The molecule has 0 unspecified atom stereocenters. The molecule has 0 radical (unpaired) electrons. The van der Waals surface area contributed by atoms with Crippen molar-refractivity contribution in [2.45, 2.75) is 13.3 Å². The molecule has 0 aliphatic heterocycles. The fourth-order valence-corrected chi connectivity index (χ4v) is 3.63. The maximum absolute atomic E-state index is 12.3. The number of rotatable bonds is 6. The molecule has 1 aromatic heterocycles. The predicted molar refractivity (Wildman–Crippen MR) is 110 cm³/mol. The number of ether oxygens (including phenoxy) is 1. The van der Waals surface area contributed by atoms with Gasteiger partial charge in [-0.15, -0.1) is 11.3 Å². The van der Waals surface area contributed by atoms with E-state index in [1.165, 1.54) is 11.3 Å². The molecule has 2 aromatic carbocycles. The lowest BCUT2D eigenvalue weighted by Gasteiger charge is -2.06. The van der Waals surface area contributed by atoms with E-state index in [9.17, 15) is 9.59 Å². The molecule has 0 aliphatic carbocycles. The molecule has 1 N–H and O–H groups in total. The van der Waals surface area contributed by atoms with E-state index in [0.717, 1.165) is 20.7 Å². The van der Waals surface area contributed by atoms with Gasteiger partial charge in [0.15, 0.2) is 0 Å². The average Bonchev–Trinajstić information content (AvgIpc) is 3.11. The van der Waals surface area contributed by atoms with Crippen LogP contribution in [0.2, 0.25) is 0 Å². The third kappa shape index (κ3) is 5.24. The first-order chi connectivity index (χ1) is 13.0. The number of benzene rings is 2. The van der Waals surface area contributed by atoms with E-state index in [-0.39, 0.29) is 18.3 Å². The van der Waals surface area contributed by atoms with Gasteiger partial charge >= 0.3 is 5.97 Å². The van der Waals surface area contributed by atoms with Crippen LogP contribution in [0.15, 0.2) is 58.4 Å². The van der Waals surface area contributed by atoms with Gasteiger partial charge in [0.25, 0.3) is 0 Å². The number of anilines is 1. The summed E-state index contributed by atoms with van der Waals surface area (Å²) in [5.74, 6) is -0.539. The summed E-state index contributed by atoms with van der Waals surface area (Å²) in [7, 11) is 0. The summed E-state index contributed by atoms with van der Waals surface area (Å²) < 4.78 is 5.92. The molecule has 0 fully saturated rings. The van der Waals surface area contributed by atoms with Crippen molar-refractivity contribution in [3.8, 4) is 10.6 Å². The van der Waals surface area contributed by atoms with Crippen LogP contribution in [0.1, 0.15) is 23.0 Å². The standard InChI is InChI=1S/C20H17BrN2O3S/c1-2-26-20(25)13-6-8-16(9-7-13)22-18(24)11-17-12-27-19(23-17)14-4-3-5-15(21)10-14/h3-10,12H,2,11H2,1H3,(H,22,24). The fourth-order valence-electron chi connectivity index (χ4n) is 2.42. The monoisotopic (exact) mass is 444 g/mol. The predicted octanol–water partition coefficient (Wildman–Crippen LogP) is 4.93. The van der Waals surface area contributed by atoms with Crippen LogP contribution in [0.3, 0.4) is 0 Å². The number of hydrogen-bond donors (Lipinski definition) is 1. The number of amides is 1. The highest BCUT2D eigenvalue weighted by atomic mass is 79.9. The van der Waals surface area contributed by atoms with Gasteiger partial charge in [0.1, 0.15) is 5.01 Å². The molecule has 27 heavy (non-hydrogen) atoms. The van der Waals surface area contributed by atoms with E-state index in [1.54, 1.807) is 31.2 Å². The van der Waals surface area contributed by atoms with Gasteiger partial charge in [-0.05, 0) is 43.3 Å². The Morgan fingerprint density at radius 2 is 1.96 bits per heavy atom. The van der Waals surface area contributed by atoms with E-state index < -0.39 is 0 Å². The largest absolute Gasteiger partial charge is 0.462 e. The molecule has 0 spiro atoms. The summed E-state index contributed by atoms with van der Waals surface area (Å²) in [6, 6.07) is 14.5. The Morgan fingerprint density at radius 3 is 2.67 bits per heavy atom. The first-order valence-electron chi connectivity index (χ1n) is 8.32. The first-order valence-corrected chi connectivity index (χ1v) is 10.00. The Bertz CT molecular complexity index is 954. The molecule has 3 aromatic rings. The molecule has 0 saturated carbocycles. The number of nitrogens with one attached hydrogen (secondary N) is 1. The fraction of sp³-hybridized carbons (Fsp3) is 0.150. The summed E-state index contributed by atoms with van der Waals surface area (Å²) in [5.41, 5.74) is 2.80. The zero-order chi connectivity index (χ0) is 19.2. The van der Waals surface area contributed by atoms with E-state index in [4.69, 9.17) is 4.74 Å². The smallest absolute Gasteiger partial charge is 0.338 e. The number of hydrogen-bond acceptors (Lipinski definition) is 5. The molecule has 0 atom stereocenters. The third-order valence-electron chi connectivity index (χ3n) is 3.64. The molecule has 3 rings (SSSR count). The number of thiazole rings is 1. The van der Waals surface area contributed by atoms with E-state index in [0.29, 0.717) is 17.9 Å². The number of carbonyl (C=O) groups is 2. The van der Waals surface area contributed by atoms with Crippen molar-refractivity contribution in [3.05, 3.63) is 69.6 Å². The highest BCUT2D eigenvalue weighted by Crippen LogP contribution is 2.26. The van der Waals surface area contributed by atoms with Gasteiger partial charge < -0.3 is 10.1 Å². The minimum Gasteiger partial charge on any atom is -0.462 e. The van der Waals surface area contributed by atoms with Crippen LogP contribution in [-0.4, -0.2) is 23.5 Å².